The minimum atomic E-state index is 0.0118. The lowest BCUT2D eigenvalue weighted by Gasteiger charge is -2.36. The first kappa shape index (κ1) is 11.4. The number of hydrogen-bond acceptors (Lipinski definition) is 1. The fourth-order valence-corrected chi connectivity index (χ4v) is 3.97. The fraction of sp³-hybridized carbons (Fsp3) is 1.00. The Morgan fingerprint density at radius 1 is 0.867 bits per heavy atom. The second kappa shape index (κ2) is 4.86. The van der Waals surface area contributed by atoms with Gasteiger partial charge in [-0.2, -0.15) is 0 Å². The van der Waals surface area contributed by atoms with Crippen LogP contribution in [0, 0.1) is 23.7 Å². The summed E-state index contributed by atoms with van der Waals surface area (Å²) in [4.78, 5) is 0. The molecule has 0 radical (unpaired) electrons. The van der Waals surface area contributed by atoms with Gasteiger partial charge < -0.3 is 5.11 Å². The molecule has 2 aliphatic rings. The summed E-state index contributed by atoms with van der Waals surface area (Å²) in [5, 5.41) is 10.4. The van der Waals surface area contributed by atoms with E-state index in [2.05, 4.69) is 13.8 Å². The molecular formula is C14H26O. The molecule has 15 heavy (non-hydrogen) atoms. The van der Waals surface area contributed by atoms with Crippen LogP contribution in [0.5, 0.6) is 0 Å². The smallest absolute Gasteiger partial charge is 0.0596 e. The summed E-state index contributed by atoms with van der Waals surface area (Å²) in [5.41, 5.74) is 0. The first-order valence-electron chi connectivity index (χ1n) is 6.85. The molecule has 2 rings (SSSR count). The summed E-state index contributed by atoms with van der Waals surface area (Å²) in [7, 11) is 0. The van der Waals surface area contributed by atoms with Gasteiger partial charge in [0, 0.05) is 0 Å². The maximum Gasteiger partial charge on any atom is 0.0596 e. The summed E-state index contributed by atoms with van der Waals surface area (Å²) in [5.74, 6) is 2.89. The monoisotopic (exact) mass is 210 g/mol. The lowest BCUT2D eigenvalue weighted by Crippen LogP contribution is -2.33. The lowest BCUT2D eigenvalue weighted by molar-refractivity contribution is 0.0148. The Morgan fingerprint density at radius 3 is 1.93 bits per heavy atom. The summed E-state index contributed by atoms with van der Waals surface area (Å²) >= 11 is 0. The molecule has 0 aromatic heterocycles. The molecule has 3 atom stereocenters. The second-order valence-corrected chi connectivity index (χ2v) is 6.21. The van der Waals surface area contributed by atoms with Crippen LogP contribution in [-0.4, -0.2) is 11.2 Å². The Bertz CT molecular complexity index is 186. The number of hydrogen-bond donors (Lipinski definition) is 1. The Labute approximate surface area is 94.3 Å². The highest BCUT2D eigenvalue weighted by Crippen LogP contribution is 2.40. The Morgan fingerprint density at radius 2 is 1.40 bits per heavy atom. The highest BCUT2D eigenvalue weighted by atomic mass is 16.3. The van der Waals surface area contributed by atoms with E-state index in [4.69, 9.17) is 0 Å². The van der Waals surface area contributed by atoms with Crippen LogP contribution in [0.15, 0.2) is 0 Å². The van der Waals surface area contributed by atoms with Crippen molar-refractivity contribution in [1.29, 1.82) is 0 Å². The standard InChI is InChI=1S/C14H26O/c1-10-7-11(2)9-13(8-10)14(15)12-5-3-4-6-12/h10-15H,3-9H2,1-2H3. The van der Waals surface area contributed by atoms with Crippen LogP contribution >= 0.6 is 0 Å². The van der Waals surface area contributed by atoms with Gasteiger partial charge in [0.15, 0.2) is 0 Å². The van der Waals surface area contributed by atoms with Crippen molar-refractivity contribution in [2.45, 2.75) is 64.9 Å². The van der Waals surface area contributed by atoms with Gasteiger partial charge in [-0.25, -0.2) is 0 Å². The number of aliphatic hydroxyl groups is 1. The molecule has 0 spiro atoms. The van der Waals surface area contributed by atoms with Crippen molar-refractivity contribution in [2.24, 2.45) is 23.7 Å². The molecule has 1 heteroatoms. The van der Waals surface area contributed by atoms with E-state index < -0.39 is 0 Å². The van der Waals surface area contributed by atoms with Gasteiger partial charge in [0.05, 0.1) is 6.10 Å². The molecule has 2 fully saturated rings. The van der Waals surface area contributed by atoms with Crippen LogP contribution in [0.1, 0.15) is 58.8 Å². The summed E-state index contributed by atoms with van der Waals surface area (Å²) in [6.07, 6.45) is 9.16. The molecule has 1 N–H and O–H groups in total. The molecule has 0 saturated heterocycles. The highest BCUT2D eigenvalue weighted by molar-refractivity contribution is 4.85. The third kappa shape index (κ3) is 2.75. The second-order valence-electron chi connectivity index (χ2n) is 6.21. The average Bonchev–Trinajstić information content (AvgIpc) is 2.67. The molecule has 2 saturated carbocycles. The Hall–Kier alpha value is -0.0400. The Kier molecular flexibility index (Phi) is 3.71. The van der Waals surface area contributed by atoms with Gasteiger partial charge in [0.2, 0.25) is 0 Å². The number of aliphatic hydroxyl groups excluding tert-OH is 1. The van der Waals surface area contributed by atoms with E-state index in [9.17, 15) is 5.11 Å². The molecule has 1 nitrogen and oxygen atoms in total. The normalized spacial score (nSPS) is 40.6. The zero-order chi connectivity index (χ0) is 10.8. The van der Waals surface area contributed by atoms with Gasteiger partial charge >= 0.3 is 0 Å². The topological polar surface area (TPSA) is 20.2 Å². The van der Waals surface area contributed by atoms with Crippen molar-refractivity contribution < 1.29 is 5.11 Å². The van der Waals surface area contributed by atoms with Crippen molar-refractivity contribution >= 4 is 0 Å². The van der Waals surface area contributed by atoms with E-state index in [0.717, 1.165) is 11.8 Å². The highest BCUT2D eigenvalue weighted by Gasteiger charge is 2.34. The lowest BCUT2D eigenvalue weighted by atomic mass is 9.72. The van der Waals surface area contributed by atoms with Crippen LogP contribution in [0.25, 0.3) is 0 Å². The number of rotatable bonds is 2. The van der Waals surface area contributed by atoms with Crippen LogP contribution < -0.4 is 0 Å². The third-order valence-corrected chi connectivity index (χ3v) is 4.58. The summed E-state index contributed by atoms with van der Waals surface area (Å²) < 4.78 is 0. The van der Waals surface area contributed by atoms with E-state index in [0.29, 0.717) is 11.8 Å². The van der Waals surface area contributed by atoms with E-state index in [-0.39, 0.29) is 6.10 Å². The first-order chi connectivity index (χ1) is 7.16. The molecule has 0 heterocycles. The van der Waals surface area contributed by atoms with Gasteiger partial charge in [0.1, 0.15) is 0 Å². The predicted octanol–water partition coefficient (Wildman–Crippen LogP) is 3.61. The molecule has 0 amide bonds. The molecule has 0 aromatic rings. The average molecular weight is 210 g/mol. The summed E-state index contributed by atoms with van der Waals surface area (Å²) in [6, 6.07) is 0. The zero-order valence-electron chi connectivity index (χ0n) is 10.3. The predicted molar refractivity (Wildman–Crippen MR) is 63.6 cm³/mol. The van der Waals surface area contributed by atoms with Gasteiger partial charge in [-0.05, 0) is 55.8 Å². The van der Waals surface area contributed by atoms with Crippen molar-refractivity contribution in [3.05, 3.63) is 0 Å². The molecule has 0 aromatic carbocycles. The maximum absolute atomic E-state index is 10.4. The fourth-order valence-electron chi connectivity index (χ4n) is 3.97. The van der Waals surface area contributed by atoms with Crippen LogP contribution in [0.2, 0.25) is 0 Å². The van der Waals surface area contributed by atoms with Crippen LogP contribution in [-0.2, 0) is 0 Å². The SMILES string of the molecule is CC1CC(C)CC(C(O)C2CCCC2)C1. The van der Waals surface area contributed by atoms with Crippen LogP contribution in [0.3, 0.4) is 0 Å². The maximum atomic E-state index is 10.4. The quantitative estimate of drug-likeness (QED) is 0.738. The first-order valence-corrected chi connectivity index (χ1v) is 6.85. The van der Waals surface area contributed by atoms with Crippen molar-refractivity contribution in [3.8, 4) is 0 Å². The van der Waals surface area contributed by atoms with E-state index >= 15 is 0 Å². The summed E-state index contributed by atoms with van der Waals surface area (Å²) in [6.45, 7) is 4.70. The van der Waals surface area contributed by atoms with Crippen molar-refractivity contribution in [1.82, 2.24) is 0 Å². The molecular weight excluding hydrogens is 184 g/mol. The molecule has 0 bridgehead atoms. The van der Waals surface area contributed by atoms with Crippen molar-refractivity contribution in [2.75, 3.05) is 0 Å². The van der Waals surface area contributed by atoms with E-state index in [1.807, 2.05) is 0 Å². The van der Waals surface area contributed by atoms with Gasteiger partial charge in [-0.3, -0.25) is 0 Å². The zero-order valence-corrected chi connectivity index (χ0v) is 10.3. The van der Waals surface area contributed by atoms with Gasteiger partial charge in [0.25, 0.3) is 0 Å². The molecule has 0 aliphatic heterocycles. The van der Waals surface area contributed by atoms with E-state index in [1.54, 1.807) is 0 Å². The largest absolute Gasteiger partial charge is 0.393 e. The van der Waals surface area contributed by atoms with E-state index in [1.165, 1.54) is 44.9 Å². The van der Waals surface area contributed by atoms with Crippen molar-refractivity contribution in [3.63, 3.8) is 0 Å². The van der Waals surface area contributed by atoms with Gasteiger partial charge in [-0.15, -0.1) is 0 Å². The molecule has 3 unspecified atom stereocenters. The van der Waals surface area contributed by atoms with Crippen LogP contribution in [0.4, 0.5) is 0 Å². The third-order valence-electron chi connectivity index (χ3n) is 4.58. The minimum absolute atomic E-state index is 0.0118. The minimum Gasteiger partial charge on any atom is -0.393 e. The molecule has 88 valence electrons. The Balaban J connectivity index is 1.90. The van der Waals surface area contributed by atoms with Gasteiger partial charge in [-0.1, -0.05) is 26.7 Å². The molecule has 2 aliphatic carbocycles.